The molecule has 0 aliphatic carbocycles. The van der Waals surface area contributed by atoms with Crippen LogP contribution in [0.5, 0.6) is 0 Å². The number of pyridine rings is 1. The molecule has 18 heavy (non-hydrogen) atoms. The summed E-state index contributed by atoms with van der Waals surface area (Å²) in [5.74, 6) is -0.508. The Kier molecular flexibility index (Phi) is 3.95. The van der Waals surface area contributed by atoms with Crippen LogP contribution in [0, 0.1) is 0 Å². The highest BCUT2D eigenvalue weighted by molar-refractivity contribution is 5.94. The van der Waals surface area contributed by atoms with Crippen molar-refractivity contribution in [2.75, 3.05) is 6.54 Å². The highest BCUT2D eigenvalue weighted by Crippen LogP contribution is 2.27. The van der Waals surface area contributed by atoms with E-state index in [0.717, 1.165) is 18.3 Å². The first kappa shape index (κ1) is 14.4. The largest absolute Gasteiger partial charge is 0.433 e. The Morgan fingerprint density at radius 3 is 2.39 bits per heavy atom. The number of carbonyl (C=O) groups excluding carboxylic acids is 1. The summed E-state index contributed by atoms with van der Waals surface area (Å²) in [7, 11) is 0. The SMILES string of the molecule is CC(C)(CN)NC(=O)c1ccc(C(F)(F)F)nc1. The second-order valence-electron chi connectivity index (χ2n) is 4.47. The van der Waals surface area contributed by atoms with Gasteiger partial charge in [-0.1, -0.05) is 0 Å². The number of hydrogen-bond donors (Lipinski definition) is 2. The molecule has 0 bridgehead atoms. The molecular weight excluding hydrogens is 247 g/mol. The van der Waals surface area contributed by atoms with Crippen molar-refractivity contribution in [3.8, 4) is 0 Å². The zero-order valence-electron chi connectivity index (χ0n) is 10.0. The van der Waals surface area contributed by atoms with E-state index in [-0.39, 0.29) is 12.1 Å². The molecule has 0 unspecified atom stereocenters. The lowest BCUT2D eigenvalue weighted by atomic mass is 10.1. The summed E-state index contributed by atoms with van der Waals surface area (Å²) in [6, 6.07) is 1.85. The molecule has 7 heteroatoms. The fourth-order valence-corrected chi connectivity index (χ4v) is 1.13. The number of rotatable bonds is 3. The van der Waals surface area contributed by atoms with E-state index >= 15 is 0 Å². The predicted molar refractivity (Wildman–Crippen MR) is 59.8 cm³/mol. The van der Waals surface area contributed by atoms with Crippen molar-refractivity contribution in [1.82, 2.24) is 10.3 Å². The number of halogens is 3. The molecule has 0 aromatic carbocycles. The third kappa shape index (κ3) is 3.69. The lowest BCUT2D eigenvalue weighted by molar-refractivity contribution is -0.141. The summed E-state index contributed by atoms with van der Waals surface area (Å²) in [4.78, 5) is 14.9. The van der Waals surface area contributed by atoms with Gasteiger partial charge in [0.2, 0.25) is 0 Å². The molecular formula is C11H14F3N3O. The van der Waals surface area contributed by atoms with E-state index in [9.17, 15) is 18.0 Å². The van der Waals surface area contributed by atoms with Gasteiger partial charge in [-0.3, -0.25) is 9.78 Å². The molecule has 0 fully saturated rings. The van der Waals surface area contributed by atoms with Gasteiger partial charge in [0, 0.05) is 18.3 Å². The van der Waals surface area contributed by atoms with Crippen LogP contribution in [0.25, 0.3) is 0 Å². The molecule has 0 aliphatic heterocycles. The standard InChI is InChI=1S/C11H14F3N3O/c1-10(2,6-15)17-9(18)7-3-4-8(16-5-7)11(12,13)14/h3-5H,6,15H2,1-2H3,(H,17,18). The number of alkyl halides is 3. The molecule has 4 nitrogen and oxygen atoms in total. The van der Waals surface area contributed by atoms with Crippen LogP contribution in [-0.4, -0.2) is 23.0 Å². The molecule has 0 atom stereocenters. The lowest BCUT2D eigenvalue weighted by Crippen LogP contribution is -2.48. The Hall–Kier alpha value is -1.63. The maximum absolute atomic E-state index is 12.3. The second-order valence-corrected chi connectivity index (χ2v) is 4.47. The van der Waals surface area contributed by atoms with Crippen LogP contribution in [0.15, 0.2) is 18.3 Å². The monoisotopic (exact) mass is 261 g/mol. The molecule has 0 saturated heterocycles. The first-order valence-electron chi connectivity index (χ1n) is 5.21. The minimum Gasteiger partial charge on any atom is -0.346 e. The van der Waals surface area contributed by atoms with Crippen molar-refractivity contribution in [2.45, 2.75) is 25.6 Å². The minimum atomic E-state index is -4.51. The molecule has 0 radical (unpaired) electrons. The van der Waals surface area contributed by atoms with E-state index in [4.69, 9.17) is 5.73 Å². The highest BCUT2D eigenvalue weighted by Gasteiger charge is 2.32. The van der Waals surface area contributed by atoms with Crippen LogP contribution >= 0.6 is 0 Å². The third-order valence-corrected chi connectivity index (χ3v) is 2.28. The summed E-state index contributed by atoms with van der Waals surface area (Å²) < 4.78 is 36.8. The predicted octanol–water partition coefficient (Wildman–Crippen LogP) is 1.57. The quantitative estimate of drug-likeness (QED) is 0.867. The smallest absolute Gasteiger partial charge is 0.346 e. The first-order chi connectivity index (χ1) is 8.15. The van der Waals surface area contributed by atoms with E-state index in [1.165, 1.54) is 0 Å². The van der Waals surface area contributed by atoms with Gasteiger partial charge in [-0.25, -0.2) is 0 Å². The van der Waals surface area contributed by atoms with Crippen molar-refractivity contribution in [3.05, 3.63) is 29.6 Å². The highest BCUT2D eigenvalue weighted by atomic mass is 19.4. The van der Waals surface area contributed by atoms with Crippen molar-refractivity contribution in [3.63, 3.8) is 0 Å². The topological polar surface area (TPSA) is 68.0 Å². The maximum atomic E-state index is 12.3. The summed E-state index contributed by atoms with van der Waals surface area (Å²) in [6.07, 6.45) is -3.61. The van der Waals surface area contributed by atoms with Crippen LogP contribution in [-0.2, 0) is 6.18 Å². The van der Waals surface area contributed by atoms with Crippen molar-refractivity contribution in [2.24, 2.45) is 5.73 Å². The van der Waals surface area contributed by atoms with Crippen LogP contribution in [0.4, 0.5) is 13.2 Å². The lowest BCUT2D eigenvalue weighted by Gasteiger charge is -2.24. The molecule has 100 valence electrons. The molecule has 0 spiro atoms. The van der Waals surface area contributed by atoms with Gasteiger partial charge in [-0.15, -0.1) is 0 Å². The summed E-state index contributed by atoms with van der Waals surface area (Å²) in [6.45, 7) is 3.64. The minimum absolute atomic E-state index is 0.0597. The van der Waals surface area contributed by atoms with E-state index in [1.54, 1.807) is 13.8 Å². The second kappa shape index (κ2) is 4.93. The van der Waals surface area contributed by atoms with E-state index in [1.807, 2.05) is 0 Å². The number of carbonyl (C=O) groups is 1. The van der Waals surface area contributed by atoms with Gasteiger partial charge in [0.25, 0.3) is 5.91 Å². The fourth-order valence-electron chi connectivity index (χ4n) is 1.13. The number of nitrogens with two attached hydrogens (primary N) is 1. The molecule has 1 amide bonds. The maximum Gasteiger partial charge on any atom is 0.433 e. The van der Waals surface area contributed by atoms with Crippen LogP contribution in [0.3, 0.4) is 0 Å². The Morgan fingerprint density at radius 2 is 2.00 bits per heavy atom. The number of aromatic nitrogens is 1. The van der Waals surface area contributed by atoms with Gasteiger partial charge in [-0.05, 0) is 26.0 Å². The number of amides is 1. The number of hydrogen-bond acceptors (Lipinski definition) is 3. The van der Waals surface area contributed by atoms with Gasteiger partial charge in [0.15, 0.2) is 0 Å². The van der Waals surface area contributed by atoms with Crippen LogP contribution < -0.4 is 11.1 Å². The molecule has 3 N–H and O–H groups in total. The Morgan fingerprint density at radius 1 is 1.39 bits per heavy atom. The van der Waals surface area contributed by atoms with E-state index < -0.39 is 23.3 Å². The fraction of sp³-hybridized carbons (Fsp3) is 0.455. The first-order valence-corrected chi connectivity index (χ1v) is 5.21. The molecule has 1 heterocycles. The summed E-state index contributed by atoms with van der Waals surface area (Å²) in [5.41, 5.74) is 3.84. The van der Waals surface area contributed by atoms with Crippen LogP contribution in [0.1, 0.15) is 29.9 Å². The summed E-state index contributed by atoms with van der Waals surface area (Å²) in [5, 5.41) is 2.60. The molecule has 1 rings (SSSR count). The van der Waals surface area contributed by atoms with Gasteiger partial charge in [0.05, 0.1) is 5.56 Å². The molecule has 0 aliphatic rings. The van der Waals surface area contributed by atoms with Gasteiger partial charge >= 0.3 is 6.18 Å². The van der Waals surface area contributed by atoms with Crippen LogP contribution in [0.2, 0.25) is 0 Å². The average Bonchev–Trinajstić information content (AvgIpc) is 2.27. The van der Waals surface area contributed by atoms with Crippen molar-refractivity contribution in [1.29, 1.82) is 0 Å². The van der Waals surface area contributed by atoms with Gasteiger partial charge < -0.3 is 11.1 Å². The van der Waals surface area contributed by atoms with Crippen molar-refractivity contribution < 1.29 is 18.0 Å². The van der Waals surface area contributed by atoms with Gasteiger partial charge in [-0.2, -0.15) is 13.2 Å². The average molecular weight is 261 g/mol. The molecule has 1 aromatic rings. The normalized spacial score (nSPS) is 12.3. The zero-order chi connectivity index (χ0) is 14.0. The van der Waals surface area contributed by atoms with E-state index in [0.29, 0.717) is 0 Å². The Labute approximate surface area is 102 Å². The number of nitrogens with zero attached hydrogens (tertiary/aromatic N) is 1. The Balaban J connectivity index is 2.83. The molecule has 0 saturated carbocycles. The van der Waals surface area contributed by atoms with E-state index in [2.05, 4.69) is 10.3 Å². The van der Waals surface area contributed by atoms with Crippen molar-refractivity contribution >= 4 is 5.91 Å². The molecule has 1 aromatic heterocycles. The summed E-state index contributed by atoms with van der Waals surface area (Å²) >= 11 is 0. The zero-order valence-corrected chi connectivity index (χ0v) is 10.0. The number of nitrogens with one attached hydrogen (secondary N) is 1. The van der Waals surface area contributed by atoms with Gasteiger partial charge in [0.1, 0.15) is 5.69 Å². The third-order valence-electron chi connectivity index (χ3n) is 2.28. The Bertz CT molecular complexity index is 426.